The Labute approximate surface area is 121 Å². The van der Waals surface area contributed by atoms with Crippen LogP contribution >= 0.6 is 0 Å². The Morgan fingerprint density at radius 1 is 1.05 bits per heavy atom. The van der Waals surface area contributed by atoms with Crippen LogP contribution in [0.3, 0.4) is 0 Å². The Morgan fingerprint density at radius 2 is 1.60 bits per heavy atom. The van der Waals surface area contributed by atoms with Gasteiger partial charge in [-0.25, -0.2) is 0 Å². The number of hydrogen-bond donors (Lipinski definition) is 3. The van der Waals surface area contributed by atoms with Crippen molar-refractivity contribution < 1.29 is 10.2 Å². The molecule has 0 amide bonds. The van der Waals surface area contributed by atoms with Crippen molar-refractivity contribution in [2.45, 2.75) is 51.7 Å². The molecule has 1 aromatic carbocycles. The summed E-state index contributed by atoms with van der Waals surface area (Å²) >= 11 is 0. The summed E-state index contributed by atoms with van der Waals surface area (Å²) in [6.07, 6.45) is 2.29. The van der Waals surface area contributed by atoms with Crippen LogP contribution in [0.4, 0.5) is 0 Å². The highest BCUT2D eigenvalue weighted by molar-refractivity contribution is 5.37. The van der Waals surface area contributed by atoms with E-state index in [0.29, 0.717) is 12.1 Å². The van der Waals surface area contributed by atoms with Gasteiger partial charge in [-0.15, -0.1) is 0 Å². The largest absolute Gasteiger partial charge is 0.508 e. The van der Waals surface area contributed by atoms with Crippen LogP contribution in [0, 0.1) is 0 Å². The standard InChI is InChI=1S/C16H26N2O2/c1-11(2)18-6-4-14(5-7-18)17-12(3)13-8-15(19)10-16(20)9-13/h8-12,14,17,19-20H,4-7H2,1-3H3. The van der Waals surface area contributed by atoms with Crippen LogP contribution < -0.4 is 5.32 Å². The fourth-order valence-electron chi connectivity index (χ4n) is 2.90. The molecule has 20 heavy (non-hydrogen) atoms. The van der Waals surface area contributed by atoms with Crippen molar-refractivity contribution >= 4 is 0 Å². The summed E-state index contributed by atoms with van der Waals surface area (Å²) in [7, 11) is 0. The molecule has 0 aromatic heterocycles. The van der Waals surface area contributed by atoms with Gasteiger partial charge in [0.25, 0.3) is 0 Å². The van der Waals surface area contributed by atoms with Crippen molar-refractivity contribution in [3.63, 3.8) is 0 Å². The molecule has 4 nitrogen and oxygen atoms in total. The molecule has 0 saturated carbocycles. The summed E-state index contributed by atoms with van der Waals surface area (Å²) in [4.78, 5) is 2.50. The first-order valence-corrected chi connectivity index (χ1v) is 7.48. The maximum absolute atomic E-state index is 9.55. The van der Waals surface area contributed by atoms with E-state index in [1.54, 1.807) is 12.1 Å². The van der Waals surface area contributed by atoms with Gasteiger partial charge in [-0.2, -0.15) is 0 Å². The summed E-state index contributed by atoms with van der Waals surface area (Å²) in [5, 5.41) is 22.7. The number of piperidine rings is 1. The SMILES string of the molecule is CC(NC1CCN(C(C)C)CC1)c1cc(O)cc(O)c1. The van der Waals surface area contributed by atoms with Crippen LogP contribution in [-0.4, -0.2) is 40.3 Å². The lowest BCUT2D eigenvalue weighted by atomic mass is 10.0. The zero-order chi connectivity index (χ0) is 14.7. The molecule has 112 valence electrons. The molecule has 1 fully saturated rings. The molecule has 1 heterocycles. The molecule has 1 aliphatic rings. The van der Waals surface area contributed by atoms with Gasteiger partial charge >= 0.3 is 0 Å². The summed E-state index contributed by atoms with van der Waals surface area (Å²) < 4.78 is 0. The van der Waals surface area contributed by atoms with E-state index in [9.17, 15) is 10.2 Å². The highest BCUT2D eigenvalue weighted by Gasteiger charge is 2.22. The van der Waals surface area contributed by atoms with Crippen molar-refractivity contribution in [2.24, 2.45) is 0 Å². The number of rotatable bonds is 4. The Hall–Kier alpha value is -1.26. The molecule has 1 aromatic rings. The monoisotopic (exact) mass is 278 g/mol. The number of likely N-dealkylation sites (tertiary alicyclic amines) is 1. The van der Waals surface area contributed by atoms with Gasteiger partial charge in [0.05, 0.1) is 0 Å². The van der Waals surface area contributed by atoms with E-state index in [0.717, 1.165) is 31.5 Å². The molecule has 1 saturated heterocycles. The third-order valence-corrected chi connectivity index (χ3v) is 4.17. The molecular weight excluding hydrogens is 252 g/mol. The summed E-state index contributed by atoms with van der Waals surface area (Å²) in [5.41, 5.74) is 0.925. The number of aromatic hydroxyl groups is 2. The molecule has 0 aliphatic carbocycles. The predicted molar refractivity (Wildman–Crippen MR) is 81.1 cm³/mol. The number of nitrogens with one attached hydrogen (secondary N) is 1. The van der Waals surface area contributed by atoms with Gasteiger partial charge in [-0.05, 0) is 64.4 Å². The fourth-order valence-corrected chi connectivity index (χ4v) is 2.90. The zero-order valence-corrected chi connectivity index (χ0v) is 12.6. The topological polar surface area (TPSA) is 55.7 Å². The lowest BCUT2D eigenvalue weighted by Gasteiger charge is -2.36. The number of phenolic OH excluding ortho intramolecular Hbond substituents is 2. The molecular formula is C16H26N2O2. The fraction of sp³-hybridized carbons (Fsp3) is 0.625. The second-order valence-corrected chi connectivity index (χ2v) is 6.08. The molecule has 0 spiro atoms. The van der Waals surface area contributed by atoms with Crippen molar-refractivity contribution in [1.29, 1.82) is 0 Å². The molecule has 4 heteroatoms. The third kappa shape index (κ3) is 3.87. The van der Waals surface area contributed by atoms with Gasteiger partial charge in [0.2, 0.25) is 0 Å². The molecule has 2 rings (SSSR count). The van der Waals surface area contributed by atoms with Crippen LogP contribution in [0.2, 0.25) is 0 Å². The van der Waals surface area contributed by atoms with E-state index in [1.807, 2.05) is 0 Å². The van der Waals surface area contributed by atoms with E-state index >= 15 is 0 Å². The average molecular weight is 278 g/mol. The zero-order valence-electron chi connectivity index (χ0n) is 12.6. The van der Waals surface area contributed by atoms with E-state index in [1.165, 1.54) is 6.07 Å². The number of phenols is 2. The number of benzene rings is 1. The molecule has 0 bridgehead atoms. The molecule has 3 N–H and O–H groups in total. The molecule has 1 unspecified atom stereocenters. The normalized spacial score (nSPS) is 19.4. The predicted octanol–water partition coefficient (Wildman–Crippen LogP) is 2.62. The van der Waals surface area contributed by atoms with Gasteiger partial charge in [0, 0.05) is 24.2 Å². The number of nitrogens with zero attached hydrogens (tertiary/aromatic N) is 1. The van der Waals surface area contributed by atoms with E-state index in [4.69, 9.17) is 0 Å². The van der Waals surface area contributed by atoms with Crippen molar-refractivity contribution in [2.75, 3.05) is 13.1 Å². The maximum atomic E-state index is 9.55. The minimum Gasteiger partial charge on any atom is -0.508 e. The lowest BCUT2D eigenvalue weighted by Crippen LogP contribution is -2.45. The molecule has 1 aliphatic heterocycles. The van der Waals surface area contributed by atoms with Gasteiger partial charge in [0.15, 0.2) is 0 Å². The third-order valence-electron chi connectivity index (χ3n) is 4.17. The minimum atomic E-state index is 0.114. The van der Waals surface area contributed by atoms with Gasteiger partial charge in [-0.3, -0.25) is 0 Å². The average Bonchev–Trinajstić information content (AvgIpc) is 2.38. The molecule has 1 atom stereocenters. The summed E-state index contributed by atoms with van der Waals surface area (Å²) in [6.45, 7) is 8.82. The van der Waals surface area contributed by atoms with Crippen LogP contribution in [0.5, 0.6) is 11.5 Å². The maximum Gasteiger partial charge on any atom is 0.119 e. The first-order chi connectivity index (χ1) is 9.45. The highest BCUT2D eigenvalue weighted by atomic mass is 16.3. The van der Waals surface area contributed by atoms with Gasteiger partial charge < -0.3 is 20.4 Å². The Kier molecular flexibility index (Phi) is 4.89. The number of hydrogen-bond acceptors (Lipinski definition) is 4. The van der Waals surface area contributed by atoms with E-state index in [2.05, 4.69) is 31.0 Å². The smallest absolute Gasteiger partial charge is 0.119 e. The summed E-state index contributed by atoms with van der Waals surface area (Å²) in [5.74, 6) is 0.228. The second-order valence-electron chi connectivity index (χ2n) is 6.08. The van der Waals surface area contributed by atoms with Crippen molar-refractivity contribution in [1.82, 2.24) is 10.2 Å². The Bertz CT molecular complexity index is 420. The lowest BCUT2D eigenvalue weighted by molar-refractivity contribution is 0.157. The van der Waals surface area contributed by atoms with Crippen LogP contribution in [-0.2, 0) is 0 Å². The summed E-state index contributed by atoms with van der Waals surface area (Å²) in [6, 6.07) is 6.03. The van der Waals surface area contributed by atoms with Crippen LogP contribution in [0.1, 0.15) is 45.2 Å². The van der Waals surface area contributed by atoms with Crippen LogP contribution in [0.25, 0.3) is 0 Å². The van der Waals surface area contributed by atoms with Crippen LogP contribution in [0.15, 0.2) is 18.2 Å². The van der Waals surface area contributed by atoms with Gasteiger partial charge in [0.1, 0.15) is 11.5 Å². The van der Waals surface area contributed by atoms with Crippen molar-refractivity contribution in [3.05, 3.63) is 23.8 Å². The first kappa shape index (κ1) is 15.1. The van der Waals surface area contributed by atoms with Gasteiger partial charge in [-0.1, -0.05) is 0 Å². The van der Waals surface area contributed by atoms with E-state index in [-0.39, 0.29) is 17.5 Å². The molecule has 0 radical (unpaired) electrons. The van der Waals surface area contributed by atoms with E-state index < -0.39 is 0 Å². The first-order valence-electron chi connectivity index (χ1n) is 7.48. The Balaban J connectivity index is 1.90. The minimum absolute atomic E-state index is 0.114. The quantitative estimate of drug-likeness (QED) is 0.792. The Morgan fingerprint density at radius 3 is 2.10 bits per heavy atom. The highest BCUT2D eigenvalue weighted by Crippen LogP contribution is 2.26. The second kappa shape index (κ2) is 6.46. The van der Waals surface area contributed by atoms with Crippen molar-refractivity contribution in [3.8, 4) is 11.5 Å².